The van der Waals surface area contributed by atoms with E-state index in [4.69, 9.17) is 9.47 Å². The number of carbonyl (C=O) groups excluding carboxylic acids is 2. The lowest BCUT2D eigenvalue weighted by molar-refractivity contribution is -0.146. The first-order valence-corrected chi connectivity index (χ1v) is 34.8. The SMILES string of the molecule is CCCCCCCCCCCCC(O)CN(CCN(C)CCC(=O)OCCCCOC(=O)CCN(C)CCN(CC(O)CCCCCCCCCC)CC(O)CCCCCCCCCCCC)CC(O)CCCCCCCCCC. The molecule has 12 heteroatoms. The maximum absolute atomic E-state index is 12.7. The third-order valence-electron chi connectivity index (χ3n) is 16.5. The molecule has 4 atom stereocenters. The van der Waals surface area contributed by atoms with Crippen LogP contribution in [0.15, 0.2) is 0 Å². The normalized spacial score (nSPS) is 13.5. The zero-order chi connectivity index (χ0) is 58.8. The highest BCUT2D eigenvalue weighted by Gasteiger charge is 2.19. The van der Waals surface area contributed by atoms with Gasteiger partial charge in [-0.25, -0.2) is 0 Å². The summed E-state index contributed by atoms with van der Waals surface area (Å²) in [5.74, 6) is -0.469. The van der Waals surface area contributed by atoms with E-state index in [0.717, 1.165) is 90.4 Å². The molecule has 478 valence electrons. The van der Waals surface area contributed by atoms with Gasteiger partial charge in [0.1, 0.15) is 0 Å². The van der Waals surface area contributed by atoms with Gasteiger partial charge in [0.25, 0.3) is 0 Å². The van der Waals surface area contributed by atoms with Crippen LogP contribution in [-0.2, 0) is 19.1 Å². The van der Waals surface area contributed by atoms with E-state index in [2.05, 4.69) is 47.3 Å². The van der Waals surface area contributed by atoms with Crippen LogP contribution in [0.4, 0.5) is 0 Å². The Kier molecular flexibility index (Phi) is 59.7. The summed E-state index contributed by atoms with van der Waals surface area (Å²) >= 11 is 0. The summed E-state index contributed by atoms with van der Waals surface area (Å²) in [5, 5.41) is 44.2. The third kappa shape index (κ3) is 57.1. The van der Waals surface area contributed by atoms with Crippen molar-refractivity contribution in [2.75, 3.05) is 92.8 Å². The van der Waals surface area contributed by atoms with E-state index in [1.165, 1.54) is 193 Å². The van der Waals surface area contributed by atoms with E-state index >= 15 is 0 Å². The lowest BCUT2D eigenvalue weighted by atomic mass is 10.0. The van der Waals surface area contributed by atoms with Crippen molar-refractivity contribution >= 4 is 11.9 Å². The van der Waals surface area contributed by atoms with Gasteiger partial charge in [-0.1, -0.05) is 259 Å². The Morgan fingerprint density at radius 2 is 0.512 bits per heavy atom. The molecule has 0 rings (SSSR count). The van der Waals surface area contributed by atoms with Gasteiger partial charge in [-0.15, -0.1) is 0 Å². The number of likely N-dealkylation sites (N-methyl/N-ethyl adjacent to an activating group) is 2. The van der Waals surface area contributed by atoms with Gasteiger partial charge in [0.05, 0.1) is 50.5 Å². The van der Waals surface area contributed by atoms with Crippen LogP contribution in [0, 0.1) is 0 Å². The minimum absolute atomic E-state index is 0.235. The van der Waals surface area contributed by atoms with Crippen LogP contribution in [0.25, 0.3) is 0 Å². The zero-order valence-electron chi connectivity index (χ0n) is 54.1. The molecule has 80 heavy (non-hydrogen) atoms. The van der Waals surface area contributed by atoms with Crippen molar-refractivity contribution in [3.63, 3.8) is 0 Å². The second-order valence-electron chi connectivity index (χ2n) is 24.9. The van der Waals surface area contributed by atoms with Crippen LogP contribution in [0.3, 0.4) is 0 Å². The van der Waals surface area contributed by atoms with E-state index in [-0.39, 0.29) is 11.9 Å². The van der Waals surface area contributed by atoms with Crippen LogP contribution in [0.1, 0.15) is 310 Å². The predicted molar refractivity (Wildman–Crippen MR) is 340 cm³/mol. The number of hydrogen-bond acceptors (Lipinski definition) is 12. The van der Waals surface area contributed by atoms with Gasteiger partial charge >= 0.3 is 11.9 Å². The molecular formula is C68H138N4O8. The Balaban J connectivity index is 4.68. The first kappa shape index (κ1) is 78.6. The monoisotopic (exact) mass is 1140 g/mol. The molecule has 0 spiro atoms. The number of carbonyl (C=O) groups is 2. The minimum atomic E-state index is -0.409. The molecule has 4 N–H and O–H groups in total. The van der Waals surface area contributed by atoms with Crippen molar-refractivity contribution in [2.24, 2.45) is 0 Å². The summed E-state index contributed by atoms with van der Waals surface area (Å²) in [6.07, 6.45) is 48.8. The van der Waals surface area contributed by atoms with Gasteiger partial charge in [-0.2, -0.15) is 0 Å². The highest BCUT2D eigenvalue weighted by atomic mass is 16.5. The van der Waals surface area contributed by atoms with Crippen molar-refractivity contribution in [1.29, 1.82) is 0 Å². The van der Waals surface area contributed by atoms with Gasteiger partial charge in [-0.3, -0.25) is 19.4 Å². The van der Waals surface area contributed by atoms with E-state index in [1.807, 2.05) is 14.1 Å². The average molecular weight is 1140 g/mol. The van der Waals surface area contributed by atoms with Crippen LogP contribution in [0.5, 0.6) is 0 Å². The molecule has 0 amide bonds. The molecule has 0 aromatic rings. The number of aliphatic hydroxyl groups is 4. The molecule has 0 aliphatic carbocycles. The Hall–Kier alpha value is -1.38. The van der Waals surface area contributed by atoms with Crippen LogP contribution in [0.2, 0.25) is 0 Å². The van der Waals surface area contributed by atoms with E-state index in [9.17, 15) is 30.0 Å². The quantitative estimate of drug-likeness (QED) is 0.0340. The second-order valence-corrected chi connectivity index (χ2v) is 24.9. The highest BCUT2D eigenvalue weighted by Crippen LogP contribution is 2.17. The molecule has 0 aromatic heterocycles. The van der Waals surface area contributed by atoms with E-state index in [0.29, 0.717) is 78.2 Å². The van der Waals surface area contributed by atoms with Crippen molar-refractivity contribution < 1.29 is 39.5 Å². The number of esters is 2. The number of hydrogen-bond donors (Lipinski definition) is 4. The lowest BCUT2D eigenvalue weighted by Crippen LogP contribution is -2.42. The van der Waals surface area contributed by atoms with Gasteiger partial charge in [0, 0.05) is 65.4 Å². The summed E-state index contributed by atoms with van der Waals surface area (Å²) in [7, 11) is 4.03. The molecule has 0 fully saturated rings. The molecule has 0 aromatic carbocycles. The Bertz CT molecular complexity index is 1190. The summed E-state index contributed by atoms with van der Waals surface area (Å²) in [4.78, 5) is 34.1. The minimum Gasteiger partial charge on any atom is -0.466 e. The van der Waals surface area contributed by atoms with Crippen molar-refractivity contribution in [3.05, 3.63) is 0 Å². The number of aliphatic hydroxyl groups excluding tert-OH is 4. The fourth-order valence-corrected chi connectivity index (χ4v) is 11.0. The maximum atomic E-state index is 12.7. The standard InChI is InChI=1S/C68H138N4O8/c1-7-11-15-19-23-27-29-33-37-41-47-65(75)61-71(59-63(73)45-39-35-31-25-21-17-13-9-3)55-53-69(5)51-49-67(77)79-57-43-44-58-80-68(78)50-52-70(6)54-56-72(60-64(74)46-40-36-32-26-22-18-14-10-4)62-66(76)48-42-38-34-30-28-24-20-16-12-8-2/h63-66,73-76H,7-62H2,1-6H3. The number of ether oxygens (including phenoxy) is 2. The van der Waals surface area contributed by atoms with E-state index < -0.39 is 24.4 Å². The molecule has 0 saturated heterocycles. The van der Waals surface area contributed by atoms with Crippen LogP contribution < -0.4 is 0 Å². The fourth-order valence-electron chi connectivity index (χ4n) is 11.0. The topological polar surface area (TPSA) is 146 Å². The number of unbranched alkanes of at least 4 members (excludes halogenated alkanes) is 33. The molecule has 0 aliphatic rings. The third-order valence-corrected chi connectivity index (χ3v) is 16.5. The van der Waals surface area contributed by atoms with Crippen molar-refractivity contribution in [2.45, 2.75) is 335 Å². The zero-order valence-corrected chi connectivity index (χ0v) is 54.1. The first-order valence-electron chi connectivity index (χ1n) is 34.8. The molecular weight excluding hydrogens is 1000 g/mol. The number of nitrogens with zero attached hydrogens (tertiary/aromatic N) is 4. The fraction of sp³-hybridized carbons (Fsp3) is 0.971. The average Bonchev–Trinajstić information content (AvgIpc) is 3.43. The molecule has 0 saturated carbocycles. The van der Waals surface area contributed by atoms with Crippen LogP contribution in [-0.4, -0.2) is 169 Å². The highest BCUT2D eigenvalue weighted by molar-refractivity contribution is 5.69. The summed E-state index contributed by atoms with van der Waals surface area (Å²) in [6.45, 7) is 15.9. The van der Waals surface area contributed by atoms with Gasteiger partial charge in [-0.05, 0) is 52.6 Å². The Morgan fingerprint density at radius 1 is 0.300 bits per heavy atom. The molecule has 0 radical (unpaired) electrons. The smallest absolute Gasteiger partial charge is 0.307 e. The number of rotatable bonds is 65. The van der Waals surface area contributed by atoms with Gasteiger partial charge < -0.3 is 39.7 Å². The van der Waals surface area contributed by atoms with Gasteiger partial charge in [0.2, 0.25) is 0 Å². The lowest BCUT2D eigenvalue weighted by Gasteiger charge is -2.29. The van der Waals surface area contributed by atoms with Crippen molar-refractivity contribution in [3.8, 4) is 0 Å². The molecule has 0 bridgehead atoms. The second kappa shape index (κ2) is 60.7. The molecule has 4 unspecified atom stereocenters. The molecule has 0 heterocycles. The maximum Gasteiger partial charge on any atom is 0.307 e. The Morgan fingerprint density at radius 3 is 0.738 bits per heavy atom. The summed E-state index contributed by atoms with van der Waals surface area (Å²) in [6, 6.07) is 0. The largest absolute Gasteiger partial charge is 0.466 e. The molecule has 12 nitrogen and oxygen atoms in total. The Labute approximate surface area is 496 Å². The molecule has 0 aliphatic heterocycles. The first-order chi connectivity index (χ1) is 38.9. The summed E-state index contributed by atoms with van der Waals surface area (Å²) < 4.78 is 11.1. The summed E-state index contributed by atoms with van der Waals surface area (Å²) in [5.41, 5.74) is 0. The van der Waals surface area contributed by atoms with Gasteiger partial charge in [0.15, 0.2) is 0 Å². The van der Waals surface area contributed by atoms with Crippen molar-refractivity contribution in [1.82, 2.24) is 19.6 Å². The predicted octanol–water partition coefficient (Wildman–Crippen LogP) is 15.2. The van der Waals surface area contributed by atoms with Crippen LogP contribution >= 0.6 is 0 Å². The van der Waals surface area contributed by atoms with E-state index in [1.54, 1.807) is 0 Å².